The average molecular weight is 460 g/mol. The number of terminal acetylenes is 1. The molecule has 1 fully saturated rings. The maximum Gasteiger partial charge on any atom is 0.359 e. The van der Waals surface area contributed by atoms with Crippen LogP contribution in [0.15, 0.2) is 41.2 Å². The molecule has 172 valence electrons. The summed E-state index contributed by atoms with van der Waals surface area (Å²) in [5, 5.41) is 21.3. The molecule has 1 atom stereocenters. The molecule has 9 nitrogen and oxygen atoms in total. The third-order valence-electron chi connectivity index (χ3n) is 6.14. The zero-order chi connectivity index (χ0) is 24.4. The number of anilines is 1. The Morgan fingerprint density at radius 1 is 1.21 bits per heavy atom. The molecule has 0 bridgehead atoms. The molecule has 34 heavy (non-hydrogen) atoms. The van der Waals surface area contributed by atoms with Crippen molar-refractivity contribution in [1.82, 2.24) is 14.5 Å². The third kappa shape index (κ3) is 4.07. The molecule has 3 heterocycles. The number of aromatic nitrogens is 2. The molecule has 0 saturated carbocycles. The summed E-state index contributed by atoms with van der Waals surface area (Å²) in [6, 6.07) is 11.3. The van der Waals surface area contributed by atoms with Crippen molar-refractivity contribution >= 4 is 22.4 Å². The molecular formula is C24H21FN6O3. The Labute approximate surface area is 194 Å². The van der Waals surface area contributed by atoms with Gasteiger partial charge in [0.1, 0.15) is 23.1 Å². The second-order valence-corrected chi connectivity index (χ2v) is 7.98. The molecule has 2 aromatic heterocycles. The van der Waals surface area contributed by atoms with Gasteiger partial charge in [0.2, 0.25) is 0 Å². The number of nitro groups is 1. The number of nitriles is 1. The lowest BCUT2D eigenvalue weighted by Crippen LogP contribution is -2.48. The highest BCUT2D eigenvalue weighted by molar-refractivity contribution is 5.94. The summed E-state index contributed by atoms with van der Waals surface area (Å²) < 4.78 is 14.4. The molecule has 10 heteroatoms. The maximum atomic E-state index is 13.3. The van der Waals surface area contributed by atoms with E-state index in [2.05, 4.69) is 15.8 Å². The van der Waals surface area contributed by atoms with Crippen molar-refractivity contribution in [1.29, 1.82) is 5.26 Å². The van der Waals surface area contributed by atoms with E-state index >= 15 is 0 Å². The zero-order valence-corrected chi connectivity index (χ0v) is 18.4. The number of hydrogen-bond acceptors (Lipinski definition) is 7. The van der Waals surface area contributed by atoms with Crippen molar-refractivity contribution in [3.05, 3.63) is 73.9 Å². The van der Waals surface area contributed by atoms with Gasteiger partial charge in [-0.3, -0.25) is 24.4 Å². The van der Waals surface area contributed by atoms with Gasteiger partial charge in [-0.1, -0.05) is 18.1 Å². The Hall–Kier alpha value is -4.28. The van der Waals surface area contributed by atoms with Gasteiger partial charge in [0.15, 0.2) is 5.69 Å². The summed E-state index contributed by atoms with van der Waals surface area (Å²) in [6.07, 6.45) is 5.39. The van der Waals surface area contributed by atoms with Crippen LogP contribution in [0.25, 0.3) is 11.0 Å². The van der Waals surface area contributed by atoms with Crippen molar-refractivity contribution in [2.24, 2.45) is 0 Å². The molecule has 1 aliphatic rings. The molecule has 1 aliphatic heterocycles. The van der Waals surface area contributed by atoms with Gasteiger partial charge in [-0.25, -0.2) is 9.37 Å². The van der Waals surface area contributed by atoms with Crippen LogP contribution in [0.2, 0.25) is 0 Å². The van der Waals surface area contributed by atoms with E-state index in [0.29, 0.717) is 31.7 Å². The molecule has 0 spiro atoms. The molecule has 0 unspecified atom stereocenters. The van der Waals surface area contributed by atoms with Crippen LogP contribution in [-0.4, -0.2) is 45.6 Å². The molecule has 0 amide bonds. The second kappa shape index (κ2) is 9.30. The Kier molecular flexibility index (Phi) is 6.26. The minimum Gasteiger partial charge on any atom is -0.361 e. The van der Waals surface area contributed by atoms with Crippen LogP contribution in [0.4, 0.5) is 15.8 Å². The number of hydrogen-bond donors (Lipinski definition) is 0. The number of rotatable bonds is 5. The number of pyridine rings is 2. The zero-order valence-electron chi connectivity index (χ0n) is 18.4. The normalized spacial score (nSPS) is 15.0. The lowest BCUT2D eigenvalue weighted by atomic mass is 10.1. The lowest BCUT2D eigenvalue weighted by Gasteiger charge is -2.39. The minimum atomic E-state index is -0.806. The van der Waals surface area contributed by atoms with E-state index in [4.69, 9.17) is 6.42 Å². The highest BCUT2D eigenvalue weighted by atomic mass is 19.1. The highest BCUT2D eigenvalue weighted by Gasteiger charge is 2.33. The van der Waals surface area contributed by atoms with Crippen molar-refractivity contribution in [3.63, 3.8) is 0 Å². The minimum absolute atomic E-state index is 0.0152. The fraction of sp³-hybridized carbons (Fsp3) is 0.292. The van der Waals surface area contributed by atoms with E-state index in [0.717, 1.165) is 10.1 Å². The Bertz CT molecular complexity index is 1400. The molecular weight excluding hydrogens is 439 g/mol. The molecule has 0 N–H and O–H groups in total. The largest absolute Gasteiger partial charge is 0.361 e. The first kappa shape index (κ1) is 22.9. The van der Waals surface area contributed by atoms with E-state index < -0.39 is 16.2 Å². The van der Waals surface area contributed by atoms with E-state index in [1.807, 2.05) is 13.0 Å². The maximum absolute atomic E-state index is 13.3. The second-order valence-electron chi connectivity index (χ2n) is 7.98. The molecule has 0 aliphatic carbocycles. The summed E-state index contributed by atoms with van der Waals surface area (Å²) in [4.78, 5) is 32.7. The first-order valence-electron chi connectivity index (χ1n) is 10.7. The van der Waals surface area contributed by atoms with Gasteiger partial charge in [-0.05, 0) is 36.8 Å². The molecule has 1 aromatic carbocycles. The number of fused-ring (bicyclic) bond motifs is 1. The van der Waals surface area contributed by atoms with Crippen molar-refractivity contribution in [3.8, 4) is 18.4 Å². The Morgan fingerprint density at radius 2 is 1.88 bits per heavy atom. The van der Waals surface area contributed by atoms with Gasteiger partial charge in [-0.2, -0.15) is 5.26 Å². The monoisotopic (exact) mass is 460 g/mol. The van der Waals surface area contributed by atoms with Crippen LogP contribution >= 0.6 is 0 Å². The van der Waals surface area contributed by atoms with Crippen LogP contribution in [0, 0.1) is 39.6 Å². The van der Waals surface area contributed by atoms with Gasteiger partial charge < -0.3 is 4.90 Å². The summed E-state index contributed by atoms with van der Waals surface area (Å²) in [6.45, 7) is 3.78. The Morgan fingerprint density at radius 3 is 2.47 bits per heavy atom. The number of halogens is 1. The van der Waals surface area contributed by atoms with E-state index in [-0.39, 0.29) is 35.3 Å². The fourth-order valence-corrected chi connectivity index (χ4v) is 4.35. The predicted octanol–water partition coefficient (Wildman–Crippen LogP) is 2.83. The van der Waals surface area contributed by atoms with E-state index in [9.17, 15) is 24.6 Å². The SMILES string of the molecule is C#CCn1c(=O)c([N+](=O)[O-])c(N2CCN([C@H](C)c3ccc(F)cc3)CC2)c2nc(C#N)ccc21. The molecule has 4 rings (SSSR count). The van der Waals surface area contributed by atoms with Gasteiger partial charge in [-0.15, -0.1) is 6.42 Å². The molecule has 1 saturated heterocycles. The van der Waals surface area contributed by atoms with Crippen molar-refractivity contribution in [2.75, 3.05) is 31.1 Å². The van der Waals surface area contributed by atoms with Crippen LogP contribution in [0.5, 0.6) is 0 Å². The first-order chi connectivity index (χ1) is 16.3. The van der Waals surface area contributed by atoms with Crippen LogP contribution in [0.1, 0.15) is 24.2 Å². The summed E-state index contributed by atoms with van der Waals surface area (Å²) >= 11 is 0. The predicted molar refractivity (Wildman–Crippen MR) is 125 cm³/mol. The Balaban J connectivity index is 1.75. The van der Waals surface area contributed by atoms with Crippen molar-refractivity contribution in [2.45, 2.75) is 19.5 Å². The average Bonchev–Trinajstić information content (AvgIpc) is 2.85. The van der Waals surface area contributed by atoms with E-state index in [1.54, 1.807) is 23.1 Å². The summed E-state index contributed by atoms with van der Waals surface area (Å²) in [7, 11) is 0. The lowest BCUT2D eigenvalue weighted by molar-refractivity contribution is -0.385. The number of piperazine rings is 1. The fourth-order valence-electron chi connectivity index (χ4n) is 4.35. The quantitative estimate of drug-likeness (QED) is 0.327. The summed E-state index contributed by atoms with van der Waals surface area (Å²) in [5.74, 6) is 2.05. The third-order valence-corrected chi connectivity index (χ3v) is 6.14. The van der Waals surface area contributed by atoms with Gasteiger partial charge >= 0.3 is 11.2 Å². The standard InChI is InChI=1S/C24H21FN6O3/c1-3-10-30-20-9-8-19(15-26)27-21(20)22(23(24(30)32)31(33)34)29-13-11-28(12-14-29)16(2)17-4-6-18(25)7-5-17/h1,4-9,16H,10-14H2,2H3/t16-/m1/s1. The van der Waals surface area contributed by atoms with Crippen LogP contribution in [-0.2, 0) is 6.54 Å². The van der Waals surface area contributed by atoms with Gasteiger partial charge in [0.05, 0.1) is 17.0 Å². The molecule has 3 aromatic rings. The topological polar surface area (TPSA) is 108 Å². The van der Waals surface area contributed by atoms with Crippen molar-refractivity contribution < 1.29 is 9.31 Å². The molecule has 0 radical (unpaired) electrons. The van der Waals surface area contributed by atoms with E-state index in [1.165, 1.54) is 18.2 Å². The van der Waals surface area contributed by atoms with Gasteiger partial charge in [0.25, 0.3) is 0 Å². The first-order valence-corrected chi connectivity index (χ1v) is 10.7. The highest BCUT2D eigenvalue weighted by Crippen LogP contribution is 2.34. The van der Waals surface area contributed by atoms with Crippen LogP contribution < -0.4 is 10.5 Å². The van der Waals surface area contributed by atoms with Crippen LogP contribution in [0.3, 0.4) is 0 Å². The summed E-state index contributed by atoms with van der Waals surface area (Å²) in [5.41, 5.74) is 0.264. The van der Waals surface area contributed by atoms with Gasteiger partial charge in [0, 0.05) is 32.2 Å². The number of nitrogens with zero attached hydrogens (tertiary/aromatic N) is 6. The smallest absolute Gasteiger partial charge is 0.359 e. The number of benzene rings is 1.